The number of ether oxygens (including phenoxy) is 3. The second-order valence-electron chi connectivity index (χ2n) is 15.1. The smallest absolute Gasteiger partial charge is 0.471 e. The van der Waals surface area contributed by atoms with Crippen LogP contribution in [0.4, 0.5) is 29.3 Å². The first-order valence-electron chi connectivity index (χ1n) is 19.0. The van der Waals surface area contributed by atoms with E-state index in [1.807, 2.05) is 12.1 Å². The summed E-state index contributed by atoms with van der Waals surface area (Å²) < 4.78 is 53.4. The van der Waals surface area contributed by atoms with E-state index in [0.717, 1.165) is 34.8 Å². The molecular weight excluding hydrogens is 834 g/mol. The monoisotopic (exact) mass is 870 g/mol. The first-order chi connectivity index (χ1) is 29.9. The van der Waals surface area contributed by atoms with Gasteiger partial charge in [-0.3, -0.25) is 29.3 Å². The molecule has 6 aromatic rings. The molecule has 0 radical (unpaired) electrons. The summed E-state index contributed by atoms with van der Waals surface area (Å²) in [7, 11) is 0. The van der Waals surface area contributed by atoms with Crippen LogP contribution in [0.2, 0.25) is 0 Å². The predicted molar refractivity (Wildman–Crippen MR) is 216 cm³/mol. The maximum atomic E-state index is 12.8. The summed E-state index contributed by atoms with van der Waals surface area (Å²) in [5.74, 6) is -1.89. The number of H-pyrrole nitrogens is 2. The molecule has 0 saturated heterocycles. The number of aromatic nitrogens is 6. The van der Waals surface area contributed by atoms with Crippen molar-refractivity contribution < 1.29 is 56.1 Å². The topological polar surface area (TPSA) is 261 Å². The van der Waals surface area contributed by atoms with Gasteiger partial charge in [0.2, 0.25) is 0 Å². The largest absolute Gasteiger partial charge is 0.486 e. The number of rotatable bonds is 8. The van der Waals surface area contributed by atoms with E-state index in [2.05, 4.69) is 45.9 Å². The van der Waals surface area contributed by atoms with Gasteiger partial charge in [0.05, 0.1) is 22.4 Å². The number of hydrogen-bond donors (Lipinski definition) is 6. The molecule has 2 aliphatic heterocycles. The molecule has 19 nitrogen and oxygen atoms in total. The normalized spacial score (nSPS) is 13.4. The number of nitrogens with zero attached hydrogens (tertiary/aromatic N) is 4. The van der Waals surface area contributed by atoms with Gasteiger partial charge in [0.1, 0.15) is 54.0 Å². The number of carbonyl (C=O) groups is 6. The zero-order chi connectivity index (χ0) is 45.1. The molecule has 8 rings (SSSR count). The van der Waals surface area contributed by atoms with Crippen LogP contribution in [0.25, 0.3) is 22.1 Å². The van der Waals surface area contributed by atoms with Crippen molar-refractivity contribution >= 4 is 68.8 Å². The zero-order valence-electron chi connectivity index (χ0n) is 33.6. The fourth-order valence-electron chi connectivity index (χ4n) is 6.44. The molecule has 0 aliphatic carbocycles. The molecule has 2 aromatic carbocycles. The maximum absolute atomic E-state index is 12.8. The van der Waals surface area contributed by atoms with Gasteiger partial charge in [-0.2, -0.15) is 13.2 Å². The lowest BCUT2D eigenvalue weighted by Crippen LogP contribution is -2.29. The summed E-state index contributed by atoms with van der Waals surface area (Å²) in [6.45, 7) is 5.78. The van der Waals surface area contributed by atoms with Crippen molar-refractivity contribution in [2.45, 2.75) is 58.5 Å². The van der Waals surface area contributed by atoms with E-state index in [4.69, 9.17) is 14.2 Å². The van der Waals surface area contributed by atoms with Crippen molar-refractivity contribution in [2.75, 3.05) is 23.8 Å². The van der Waals surface area contributed by atoms with E-state index in [-0.39, 0.29) is 72.4 Å². The standard InChI is InChI=1S/C22H23N5O5.C19H14F3N5O4/c1-22(2,3)32-21(30)27-15-9-23-18-17(15)25-11-26-19(18)20(29)24-8-12-4-5-16-13(6-12)7-14(28)10-31-16;20-19(21,22)18(30)27-12-6-23-15-14(12)25-8-26-16(15)17(29)24-5-9-1-2-13-10(3-9)4-11(28)7-31-13/h4-6,9,11,23H,7-8,10H2,1-3H3,(H,24,29)(H,27,30);1-3,6,8,23H,4-5,7H2,(H,24,29)(H,27,30). The number of amides is 4. The van der Waals surface area contributed by atoms with Gasteiger partial charge in [-0.1, -0.05) is 12.1 Å². The third kappa shape index (κ3) is 10.3. The molecule has 22 heteroatoms. The van der Waals surface area contributed by atoms with Crippen LogP contribution < -0.4 is 30.7 Å². The number of anilines is 2. The number of alkyl halides is 3. The fraction of sp³-hybridized carbons (Fsp3) is 0.268. The van der Waals surface area contributed by atoms with Crippen LogP contribution in [-0.4, -0.2) is 90.3 Å². The Kier molecular flexibility index (Phi) is 12.1. The van der Waals surface area contributed by atoms with Crippen LogP contribution >= 0.6 is 0 Å². The van der Waals surface area contributed by atoms with Crippen molar-refractivity contribution in [1.82, 2.24) is 40.5 Å². The van der Waals surface area contributed by atoms with Crippen LogP contribution in [0.1, 0.15) is 64.0 Å². The van der Waals surface area contributed by atoms with Crippen LogP contribution in [0.15, 0.2) is 61.4 Å². The lowest BCUT2D eigenvalue weighted by Gasteiger charge is -2.19. The summed E-state index contributed by atoms with van der Waals surface area (Å²) in [5, 5.41) is 9.81. The molecule has 0 fully saturated rings. The molecule has 2 aliphatic rings. The van der Waals surface area contributed by atoms with Gasteiger partial charge in [-0.15, -0.1) is 0 Å². The van der Waals surface area contributed by atoms with Crippen LogP contribution in [-0.2, 0) is 45.1 Å². The lowest BCUT2D eigenvalue weighted by molar-refractivity contribution is -0.167. The molecule has 0 spiro atoms. The number of benzene rings is 2. The number of aromatic amines is 2. The molecule has 0 atom stereocenters. The molecule has 326 valence electrons. The Labute approximate surface area is 353 Å². The van der Waals surface area contributed by atoms with Crippen LogP contribution in [0, 0.1) is 0 Å². The summed E-state index contributed by atoms with van der Waals surface area (Å²) in [5.41, 5.74) is 3.44. The van der Waals surface area contributed by atoms with Crippen molar-refractivity contribution in [2.24, 2.45) is 0 Å². The minimum Gasteiger partial charge on any atom is -0.486 e. The predicted octanol–water partition coefficient (Wildman–Crippen LogP) is 4.63. The summed E-state index contributed by atoms with van der Waals surface area (Å²) in [6, 6.07) is 10.7. The van der Waals surface area contributed by atoms with Gasteiger partial charge in [0, 0.05) is 49.5 Å². The van der Waals surface area contributed by atoms with Crippen molar-refractivity contribution in [3.63, 3.8) is 0 Å². The molecule has 0 unspecified atom stereocenters. The number of hydrogen-bond acceptors (Lipinski definition) is 13. The molecule has 4 aromatic heterocycles. The highest BCUT2D eigenvalue weighted by atomic mass is 19.4. The summed E-state index contributed by atoms with van der Waals surface area (Å²) >= 11 is 0. The van der Waals surface area contributed by atoms with Crippen LogP contribution in [0.3, 0.4) is 0 Å². The van der Waals surface area contributed by atoms with Crippen molar-refractivity contribution in [3.8, 4) is 11.5 Å². The minimum absolute atomic E-state index is 0.0182. The average Bonchev–Trinajstić information content (AvgIpc) is 3.84. The molecule has 0 saturated carbocycles. The molecule has 0 bridgehead atoms. The first-order valence-corrected chi connectivity index (χ1v) is 19.0. The highest BCUT2D eigenvalue weighted by Crippen LogP contribution is 2.28. The lowest BCUT2D eigenvalue weighted by atomic mass is 10.0. The SMILES string of the molecule is CC(C)(C)OC(=O)Nc1c[nH]c2c(C(=O)NCc3ccc4c(c3)CC(=O)CO4)ncnc12.O=C1COc2ccc(CNC(=O)c3ncnc4c(NC(=O)C(F)(F)F)c[nH]c34)cc2C1. The van der Waals surface area contributed by atoms with E-state index in [9.17, 15) is 41.9 Å². The Morgan fingerprint density at radius 3 is 1.60 bits per heavy atom. The molecule has 6 heterocycles. The first kappa shape index (κ1) is 43.2. The third-order valence-electron chi connectivity index (χ3n) is 9.21. The fourth-order valence-corrected chi connectivity index (χ4v) is 6.44. The molecule has 6 N–H and O–H groups in total. The van der Waals surface area contributed by atoms with E-state index >= 15 is 0 Å². The molecule has 63 heavy (non-hydrogen) atoms. The maximum Gasteiger partial charge on any atom is 0.471 e. The number of nitrogens with one attached hydrogen (secondary N) is 6. The number of carbonyl (C=O) groups excluding carboxylic acids is 6. The van der Waals surface area contributed by atoms with Gasteiger partial charge >= 0.3 is 18.2 Å². The highest BCUT2D eigenvalue weighted by molar-refractivity contribution is 6.09. The Morgan fingerprint density at radius 1 is 0.698 bits per heavy atom. The number of halogens is 3. The van der Waals surface area contributed by atoms with Gasteiger partial charge < -0.3 is 40.1 Å². The quantitative estimate of drug-likeness (QED) is 0.122. The van der Waals surface area contributed by atoms with E-state index in [1.54, 1.807) is 50.4 Å². The van der Waals surface area contributed by atoms with E-state index < -0.39 is 35.6 Å². The Balaban J connectivity index is 0.000000189. The number of Topliss-reactive ketones (excluding diaryl/α,β-unsaturated/α-hetero) is 2. The summed E-state index contributed by atoms with van der Waals surface area (Å²) in [6.07, 6.45) is -0.234. The van der Waals surface area contributed by atoms with Gasteiger partial charge in [0.25, 0.3) is 11.8 Å². The second kappa shape index (κ2) is 17.6. The number of ketones is 2. The summed E-state index contributed by atoms with van der Waals surface area (Å²) in [4.78, 5) is 93.3. The average molecular weight is 871 g/mol. The molecule has 4 amide bonds. The Bertz CT molecular complexity index is 2800. The Morgan fingerprint density at radius 2 is 1.16 bits per heavy atom. The van der Waals surface area contributed by atoms with E-state index in [0.29, 0.717) is 34.6 Å². The second-order valence-corrected chi connectivity index (χ2v) is 15.1. The number of fused-ring (bicyclic) bond motifs is 4. The molecular formula is C41H37F3N10O9. The van der Waals surface area contributed by atoms with Crippen molar-refractivity contribution in [3.05, 3.63) is 95.1 Å². The van der Waals surface area contributed by atoms with Crippen LogP contribution in [0.5, 0.6) is 11.5 Å². The van der Waals surface area contributed by atoms with Gasteiger partial charge in [-0.25, -0.2) is 24.7 Å². The van der Waals surface area contributed by atoms with Gasteiger partial charge in [0.15, 0.2) is 23.0 Å². The van der Waals surface area contributed by atoms with E-state index in [1.165, 1.54) is 12.5 Å². The Hall–Kier alpha value is -7.91. The van der Waals surface area contributed by atoms with Crippen molar-refractivity contribution in [1.29, 1.82) is 0 Å². The zero-order valence-corrected chi connectivity index (χ0v) is 33.6. The minimum atomic E-state index is -5.07. The third-order valence-corrected chi connectivity index (χ3v) is 9.21. The highest BCUT2D eigenvalue weighted by Gasteiger charge is 2.39. The van der Waals surface area contributed by atoms with Gasteiger partial charge in [-0.05, 0) is 56.2 Å².